The Balaban J connectivity index is 2.19. The van der Waals surface area contributed by atoms with Crippen molar-refractivity contribution in [2.24, 2.45) is 5.10 Å². The number of nitrogens with zero attached hydrogens (tertiary/aromatic N) is 2. The summed E-state index contributed by atoms with van der Waals surface area (Å²) in [4.78, 5) is 22.4. The van der Waals surface area contributed by atoms with Gasteiger partial charge in [-0.15, -0.1) is 0 Å². The summed E-state index contributed by atoms with van der Waals surface area (Å²) in [5.41, 5.74) is 3.49. The molecule has 0 aliphatic heterocycles. The fourth-order valence-corrected chi connectivity index (χ4v) is 2.56. The molecule has 8 heteroatoms. The first-order chi connectivity index (χ1) is 13.1. The molecular formula is C19H15N3O5. The summed E-state index contributed by atoms with van der Waals surface area (Å²) in [5.74, 6) is 0.252. The van der Waals surface area contributed by atoms with E-state index < -0.39 is 11.0 Å². The minimum atomic E-state index is -0.799. The molecule has 3 rings (SSSR count). The van der Waals surface area contributed by atoms with Crippen molar-refractivity contribution in [2.45, 2.75) is 0 Å². The summed E-state index contributed by atoms with van der Waals surface area (Å²) in [6, 6.07) is 18.0. The number of methoxy groups -OCH3 is 1. The van der Waals surface area contributed by atoms with E-state index in [0.717, 1.165) is 6.21 Å². The summed E-state index contributed by atoms with van der Waals surface area (Å²) < 4.78 is 10.2. The highest BCUT2D eigenvalue weighted by atomic mass is 16.6. The molecule has 0 fully saturated rings. The molecule has 1 heterocycles. The molecule has 0 unspecified atom stereocenters. The first-order valence-corrected chi connectivity index (χ1v) is 7.91. The molecule has 136 valence electrons. The Morgan fingerprint density at radius 2 is 1.70 bits per heavy atom. The van der Waals surface area contributed by atoms with Gasteiger partial charge >= 0.3 is 11.8 Å². The van der Waals surface area contributed by atoms with Crippen LogP contribution in [-0.2, 0) is 4.74 Å². The lowest BCUT2D eigenvalue weighted by Crippen LogP contribution is -2.16. The summed E-state index contributed by atoms with van der Waals surface area (Å²) in [7, 11) is 1.18. The van der Waals surface area contributed by atoms with Gasteiger partial charge < -0.3 is 9.15 Å². The maximum Gasteiger partial charge on any atom is 0.427 e. The molecule has 2 aromatic carbocycles. The van der Waals surface area contributed by atoms with Crippen molar-refractivity contribution in [1.82, 2.24) is 5.43 Å². The van der Waals surface area contributed by atoms with E-state index in [2.05, 4.69) is 15.3 Å². The number of furan rings is 1. The van der Waals surface area contributed by atoms with Gasteiger partial charge in [0, 0.05) is 5.56 Å². The van der Waals surface area contributed by atoms with E-state index >= 15 is 0 Å². The SMILES string of the molecule is COC(=O)N/N=C/c1oc(-c2ccccc2)c(-c2ccccc2)c1[N+](=O)[O-]. The van der Waals surface area contributed by atoms with Crippen LogP contribution in [0.4, 0.5) is 10.5 Å². The number of hydrogen-bond donors (Lipinski definition) is 1. The van der Waals surface area contributed by atoms with Gasteiger partial charge in [0.2, 0.25) is 5.76 Å². The van der Waals surface area contributed by atoms with Crippen molar-refractivity contribution in [3.63, 3.8) is 0 Å². The van der Waals surface area contributed by atoms with Crippen LogP contribution in [0.1, 0.15) is 5.76 Å². The predicted molar refractivity (Wildman–Crippen MR) is 99.4 cm³/mol. The molecular weight excluding hydrogens is 350 g/mol. The van der Waals surface area contributed by atoms with Gasteiger partial charge in [-0.25, -0.2) is 10.2 Å². The van der Waals surface area contributed by atoms with E-state index in [0.29, 0.717) is 22.5 Å². The molecule has 0 radical (unpaired) electrons. The normalized spacial score (nSPS) is 10.7. The second kappa shape index (κ2) is 7.96. The van der Waals surface area contributed by atoms with Crippen molar-refractivity contribution < 1.29 is 18.9 Å². The first kappa shape index (κ1) is 17.9. The summed E-state index contributed by atoms with van der Waals surface area (Å²) >= 11 is 0. The quantitative estimate of drug-likeness (QED) is 0.414. The van der Waals surface area contributed by atoms with Crippen molar-refractivity contribution in [1.29, 1.82) is 0 Å². The molecule has 0 aliphatic rings. The van der Waals surface area contributed by atoms with Crippen LogP contribution in [0.3, 0.4) is 0 Å². The van der Waals surface area contributed by atoms with E-state index in [4.69, 9.17) is 4.42 Å². The Hall–Kier alpha value is -3.94. The van der Waals surface area contributed by atoms with Gasteiger partial charge in [-0.1, -0.05) is 60.7 Å². The van der Waals surface area contributed by atoms with Gasteiger partial charge in [0.15, 0.2) is 0 Å². The molecule has 8 nitrogen and oxygen atoms in total. The summed E-state index contributed by atoms with van der Waals surface area (Å²) in [6.45, 7) is 0. The number of nitrogens with one attached hydrogen (secondary N) is 1. The van der Waals surface area contributed by atoms with Crippen molar-refractivity contribution in [3.8, 4) is 22.5 Å². The van der Waals surface area contributed by atoms with Crippen LogP contribution in [0, 0.1) is 10.1 Å². The average Bonchev–Trinajstić information content (AvgIpc) is 3.09. The fraction of sp³-hybridized carbons (Fsp3) is 0.0526. The van der Waals surface area contributed by atoms with Crippen LogP contribution in [0.15, 0.2) is 70.2 Å². The Bertz CT molecular complexity index is 981. The average molecular weight is 365 g/mol. The standard InChI is InChI=1S/C19H15N3O5/c1-26-19(23)21-20-12-15-17(22(24)25)16(13-8-4-2-5-9-13)18(27-15)14-10-6-3-7-11-14/h2-12H,1H3,(H,21,23)/b20-12+. The fourth-order valence-electron chi connectivity index (χ4n) is 2.56. The van der Waals surface area contributed by atoms with Gasteiger partial charge in [-0.3, -0.25) is 10.1 Å². The lowest BCUT2D eigenvalue weighted by Gasteiger charge is -2.02. The van der Waals surface area contributed by atoms with Gasteiger partial charge in [0.05, 0.1) is 18.2 Å². The monoisotopic (exact) mass is 365 g/mol. The molecule has 1 amide bonds. The number of carbonyl (C=O) groups excluding carboxylic acids is 1. The highest BCUT2D eigenvalue weighted by Crippen LogP contribution is 2.43. The van der Waals surface area contributed by atoms with Gasteiger partial charge in [-0.2, -0.15) is 5.10 Å². The molecule has 0 atom stereocenters. The van der Waals surface area contributed by atoms with Crippen LogP contribution in [-0.4, -0.2) is 24.3 Å². The first-order valence-electron chi connectivity index (χ1n) is 7.91. The highest BCUT2D eigenvalue weighted by molar-refractivity contribution is 5.95. The van der Waals surface area contributed by atoms with E-state index in [-0.39, 0.29) is 11.4 Å². The van der Waals surface area contributed by atoms with Crippen LogP contribution >= 0.6 is 0 Å². The number of amides is 1. The number of nitro groups is 1. The largest absolute Gasteiger partial charge is 0.452 e. The van der Waals surface area contributed by atoms with Gasteiger partial charge in [0.1, 0.15) is 11.3 Å². The molecule has 1 aromatic heterocycles. The van der Waals surface area contributed by atoms with E-state index in [1.54, 1.807) is 36.4 Å². The molecule has 0 spiro atoms. The maximum absolute atomic E-state index is 11.8. The minimum Gasteiger partial charge on any atom is -0.452 e. The summed E-state index contributed by atoms with van der Waals surface area (Å²) in [5, 5.41) is 15.4. The van der Waals surface area contributed by atoms with Crippen LogP contribution < -0.4 is 5.43 Å². The van der Waals surface area contributed by atoms with Crippen LogP contribution in [0.5, 0.6) is 0 Å². The Kier molecular flexibility index (Phi) is 5.27. The number of ether oxygens (including phenoxy) is 1. The zero-order valence-electron chi connectivity index (χ0n) is 14.3. The third-order valence-corrected chi connectivity index (χ3v) is 3.71. The van der Waals surface area contributed by atoms with E-state index in [9.17, 15) is 14.9 Å². The maximum atomic E-state index is 11.8. The molecule has 0 saturated carbocycles. The Morgan fingerprint density at radius 3 is 2.26 bits per heavy atom. The number of carbonyl (C=O) groups is 1. The van der Waals surface area contributed by atoms with Gasteiger partial charge in [0.25, 0.3) is 0 Å². The Morgan fingerprint density at radius 1 is 1.11 bits per heavy atom. The highest BCUT2D eigenvalue weighted by Gasteiger charge is 2.30. The zero-order valence-corrected chi connectivity index (χ0v) is 14.3. The lowest BCUT2D eigenvalue weighted by molar-refractivity contribution is -0.384. The number of hydrazone groups is 1. The molecule has 1 N–H and O–H groups in total. The van der Waals surface area contributed by atoms with Crippen LogP contribution in [0.25, 0.3) is 22.5 Å². The topological polar surface area (TPSA) is 107 Å². The van der Waals surface area contributed by atoms with Crippen molar-refractivity contribution >= 4 is 18.0 Å². The van der Waals surface area contributed by atoms with Crippen molar-refractivity contribution in [3.05, 3.63) is 76.5 Å². The second-order valence-electron chi connectivity index (χ2n) is 5.37. The predicted octanol–water partition coefficient (Wildman–Crippen LogP) is 4.21. The third-order valence-electron chi connectivity index (χ3n) is 3.71. The minimum absolute atomic E-state index is 0.0888. The molecule has 0 aliphatic carbocycles. The van der Waals surface area contributed by atoms with Gasteiger partial charge in [-0.05, 0) is 5.56 Å². The molecule has 3 aromatic rings. The zero-order chi connectivity index (χ0) is 19.2. The Labute approximate surface area is 154 Å². The van der Waals surface area contributed by atoms with E-state index in [1.165, 1.54) is 7.11 Å². The smallest absolute Gasteiger partial charge is 0.427 e. The lowest BCUT2D eigenvalue weighted by atomic mass is 10.0. The molecule has 0 saturated heterocycles. The van der Waals surface area contributed by atoms with Crippen LogP contribution in [0.2, 0.25) is 0 Å². The number of benzene rings is 2. The third kappa shape index (κ3) is 3.84. The molecule has 0 bridgehead atoms. The number of rotatable bonds is 5. The summed E-state index contributed by atoms with van der Waals surface area (Å²) in [6.07, 6.45) is 0.278. The van der Waals surface area contributed by atoms with Crippen molar-refractivity contribution in [2.75, 3.05) is 7.11 Å². The number of hydrogen-bond acceptors (Lipinski definition) is 6. The van der Waals surface area contributed by atoms with E-state index in [1.807, 2.05) is 24.3 Å². The molecule has 27 heavy (non-hydrogen) atoms. The second-order valence-corrected chi connectivity index (χ2v) is 5.37.